The minimum atomic E-state index is -0.673. The summed E-state index contributed by atoms with van der Waals surface area (Å²) in [4.78, 5) is 29.1. The number of halogens is 1. The first-order valence-corrected chi connectivity index (χ1v) is 9.18. The summed E-state index contributed by atoms with van der Waals surface area (Å²) in [6, 6.07) is 6.00. The number of aromatic hydroxyl groups is 1. The van der Waals surface area contributed by atoms with Crippen LogP contribution in [-0.2, 0) is 0 Å². The highest BCUT2D eigenvalue weighted by molar-refractivity contribution is 7.17. The topological polar surface area (TPSA) is 91.3 Å². The highest BCUT2D eigenvalue weighted by atomic mass is 35.5. The van der Waals surface area contributed by atoms with Crippen LogP contribution in [0.4, 0.5) is 0 Å². The molecule has 9 heteroatoms. The Kier molecular flexibility index (Phi) is 5.03. The quantitative estimate of drug-likeness (QED) is 0.593. The average Bonchev–Trinajstić information content (AvgIpc) is 3.24. The van der Waals surface area contributed by atoms with E-state index in [0.29, 0.717) is 15.6 Å². The van der Waals surface area contributed by atoms with E-state index < -0.39 is 11.8 Å². The highest BCUT2D eigenvalue weighted by Gasteiger charge is 2.18. The van der Waals surface area contributed by atoms with Gasteiger partial charge in [-0.05, 0) is 36.6 Å². The molecule has 3 aromatic rings. The van der Waals surface area contributed by atoms with Crippen LogP contribution in [-0.4, -0.2) is 21.9 Å². The van der Waals surface area contributed by atoms with Crippen molar-refractivity contribution in [3.8, 4) is 16.3 Å². The maximum absolute atomic E-state index is 12.3. The minimum Gasteiger partial charge on any atom is -0.507 e. The Morgan fingerprint density at radius 1 is 1.20 bits per heavy atom. The van der Waals surface area contributed by atoms with Gasteiger partial charge in [0.1, 0.15) is 15.6 Å². The maximum atomic E-state index is 12.3. The van der Waals surface area contributed by atoms with E-state index in [0.717, 1.165) is 10.6 Å². The van der Waals surface area contributed by atoms with Gasteiger partial charge in [-0.25, -0.2) is 4.98 Å². The minimum absolute atomic E-state index is 0.0345. The number of rotatable bonds is 3. The number of hydrogen-bond acceptors (Lipinski definition) is 6. The second-order valence-corrected chi connectivity index (χ2v) is 7.23. The molecular weight excluding hydrogens is 382 g/mol. The normalized spacial score (nSPS) is 10.5. The number of amides is 2. The van der Waals surface area contributed by atoms with E-state index in [9.17, 15) is 14.7 Å². The lowest BCUT2D eigenvalue weighted by Gasteiger charge is -2.08. The molecule has 128 valence electrons. The van der Waals surface area contributed by atoms with E-state index in [1.54, 1.807) is 18.3 Å². The van der Waals surface area contributed by atoms with Gasteiger partial charge in [0, 0.05) is 16.0 Å². The molecule has 0 atom stereocenters. The largest absolute Gasteiger partial charge is 0.507 e. The van der Waals surface area contributed by atoms with Crippen molar-refractivity contribution in [2.24, 2.45) is 0 Å². The number of aryl methyl sites for hydroxylation is 1. The van der Waals surface area contributed by atoms with E-state index in [4.69, 9.17) is 11.6 Å². The predicted octanol–water partition coefficient (Wildman–Crippen LogP) is 3.61. The third-order valence-electron chi connectivity index (χ3n) is 3.26. The van der Waals surface area contributed by atoms with Crippen LogP contribution in [0.15, 0.2) is 35.0 Å². The molecule has 0 radical (unpaired) electrons. The molecule has 2 aromatic heterocycles. The van der Waals surface area contributed by atoms with E-state index in [-0.39, 0.29) is 11.3 Å². The molecule has 0 aliphatic carbocycles. The Hall–Kier alpha value is -2.42. The van der Waals surface area contributed by atoms with Crippen LogP contribution in [0.25, 0.3) is 10.6 Å². The van der Waals surface area contributed by atoms with Gasteiger partial charge in [0.15, 0.2) is 0 Å². The van der Waals surface area contributed by atoms with Crippen molar-refractivity contribution in [2.45, 2.75) is 6.92 Å². The van der Waals surface area contributed by atoms with Crippen LogP contribution in [0, 0.1) is 6.92 Å². The smallest absolute Gasteiger partial charge is 0.281 e. The fraction of sp³-hybridized carbons (Fsp3) is 0.0625. The Morgan fingerprint density at radius 3 is 2.68 bits per heavy atom. The number of nitrogens with zero attached hydrogens (tertiary/aromatic N) is 1. The average molecular weight is 394 g/mol. The molecule has 2 amide bonds. The molecule has 6 nitrogen and oxygen atoms in total. The zero-order chi connectivity index (χ0) is 18.0. The lowest BCUT2D eigenvalue weighted by Crippen LogP contribution is -2.41. The molecule has 0 fully saturated rings. The monoisotopic (exact) mass is 393 g/mol. The van der Waals surface area contributed by atoms with Crippen LogP contribution in [0.2, 0.25) is 5.02 Å². The van der Waals surface area contributed by atoms with E-state index in [2.05, 4.69) is 15.8 Å². The molecule has 25 heavy (non-hydrogen) atoms. The molecule has 1 aromatic carbocycles. The number of nitrogens with one attached hydrogen (secondary N) is 2. The summed E-state index contributed by atoms with van der Waals surface area (Å²) >= 11 is 8.59. The second-order valence-electron chi connectivity index (χ2n) is 5.02. The Labute approximate surface area is 156 Å². The number of carbonyl (C=O) groups excluding carboxylic acids is 2. The summed E-state index contributed by atoms with van der Waals surface area (Å²) in [5, 5.41) is 14.6. The van der Waals surface area contributed by atoms with E-state index in [1.807, 2.05) is 16.8 Å². The van der Waals surface area contributed by atoms with Crippen molar-refractivity contribution in [3.63, 3.8) is 0 Å². The molecule has 2 heterocycles. The van der Waals surface area contributed by atoms with Gasteiger partial charge >= 0.3 is 0 Å². The number of aromatic nitrogens is 1. The van der Waals surface area contributed by atoms with Gasteiger partial charge in [0.2, 0.25) is 0 Å². The molecule has 0 aliphatic heterocycles. The Balaban J connectivity index is 1.71. The van der Waals surface area contributed by atoms with Gasteiger partial charge in [0.05, 0.1) is 11.3 Å². The van der Waals surface area contributed by atoms with Gasteiger partial charge in [-0.15, -0.1) is 11.3 Å². The van der Waals surface area contributed by atoms with E-state index >= 15 is 0 Å². The standard InChI is InChI=1S/C16H12ClN3O3S2/c1-8-13(25-16(18-8)9-4-5-24-7-9)15(23)20-19-14(22)11-6-10(17)2-3-12(11)21/h2-7,21H,1H3,(H,19,22)(H,20,23). The first-order valence-electron chi connectivity index (χ1n) is 7.05. The summed E-state index contributed by atoms with van der Waals surface area (Å²) in [7, 11) is 0. The summed E-state index contributed by atoms with van der Waals surface area (Å²) in [6.07, 6.45) is 0. The third-order valence-corrected chi connectivity index (χ3v) is 5.39. The van der Waals surface area contributed by atoms with Crippen LogP contribution in [0.1, 0.15) is 25.7 Å². The van der Waals surface area contributed by atoms with Crippen LogP contribution in [0.5, 0.6) is 5.75 Å². The second kappa shape index (κ2) is 7.22. The summed E-state index contributed by atoms with van der Waals surface area (Å²) in [5.74, 6) is -1.38. The zero-order valence-corrected chi connectivity index (χ0v) is 15.3. The summed E-state index contributed by atoms with van der Waals surface area (Å²) < 4.78 is 0. The van der Waals surface area contributed by atoms with Crippen LogP contribution < -0.4 is 10.9 Å². The van der Waals surface area contributed by atoms with Crippen molar-refractivity contribution < 1.29 is 14.7 Å². The summed E-state index contributed by atoms with van der Waals surface area (Å²) in [6.45, 7) is 1.73. The van der Waals surface area contributed by atoms with Crippen molar-refractivity contribution >= 4 is 46.1 Å². The maximum Gasteiger partial charge on any atom is 0.281 e. The number of phenols is 1. The van der Waals surface area contributed by atoms with Crippen molar-refractivity contribution in [1.29, 1.82) is 0 Å². The van der Waals surface area contributed by atoms with Crippen LogP contribution >= 0.6 is 34.3 Å². The Bertz CT molecular complexity index is 938. The number of thiophene rings is 1. The van der Waals surface area contributed by atoms with Crippen molar-refractivity contribution in [2.75, 3.05) is 0 Å². The first-order chi connectivity index (χ1) is 12.0. The predicted molar refractivity (Wildman–Crippen MR) is 98.2 cm³/mol. The lowest BCUT2D eigenvalue weighted by atomic mass is 10.2. The third kappa shape index (κ3) is 3.81. The SMILES string of the molecule is Cc1nc(-c2ccsc2)sc1C(=O)NNC(=O)c1cc(Cl)ccc1O. The van der Waals surface area contributed by atoms with Gasteiger partial charge in [-0.3, -0.25) is 20.4 Å². The first kappa shape index (κ1) is 17.4. The van der Waals surface area contributed by atoms with Crippen molar-refractivity contribution in [3.05, 3.63) is 56.2 Å². The molecule has 0 aliphatic rings. The number of thiazole rings is 1. The molecule has 0 spiro atoms. The number of hydrazine groups is 1. The van der Waals surface area contributed by atoms with E-state index in [1.165, 1.54) is 29.5 Å². The molecular formula is C16H12ClN3O3S2. The molecule has 0 saturated carbocycles. The van der Waals surface area contributed by atoms with Gasteiger partial charge in [-0.1, -0.05) is 11.6 Å². The highest BCUT2D eigenvalue weighted by Crippen LogP contribution is 2.29. The fourth-order valence-corrected chi connectivity index (χ4v) is 3.89. The van der Waals surface area contributed by atoms with Gasteiger partial charge in [0.25, 0.3) is 11.8 Å². The molecule has 0 unspecified atom stereocenters. The number of hydrogen-bond donors (Lipinski definition) is 3. The molecule has 0 bridgehead atoms. The molecule has 3 N–H and O–H groups in total. The van der Waals surface area contributed by atoms with Crippen molar-refractivity contribution in [1.82, 2.24) is 15.8 Å². The number of benzene rings is 1. The summed E-state index contributed by atoms with van der Waals surface area (Å²) in [5.41, 5.74) is 6.07. The lowest BCUT2D eigenvalue weighted by molar-refractivity contribution is 0.0846. The number of phenolic OH excluding ortho intramolecular Hbond substituents is 1. The van der Waals surface area contributed by atoms with Gasteiger partial charge < -0.3 is 5.11 Å². The van der Waals surface area contributed by atoms with Gasteiger partial charge in [-0.2, -0.15) is 11.3 Å². The fourth-order valence-electron chi connectivity index (χ4n) is 2.04. The Morgan fingerprint density at radius 2 is 1.96 bits per heavy atom. The number of carbonyl (C=O) groups is 2. The molecule has 3 rings (SSSR count). The zero-order valence-electron chi connectivity index (χ0n) is 12.9. The van der Waals surface area contributed by atoms with Crippen LogP contribution in [0.3, 0.4) is 0 Å². The molecule has 0 saturated heterocycles.